The minimum absolute atomic E-state index is 0.127. The van der Waals surface area contributed by atoms with E-state index in [2.05, 4.69) is 0 Å². The van der Waals surface area contributed by atoms with Gasteiger partial charge in [-0.3, -0.25) is 19.2 Å². The second-order valence-electron chi connectivity index (χ2n) is 8.74. The molecule has 1 aromatic carbocycles. The SMILES string of the molecule is CCOC(=O)CCCCCO[C@@H]1O[C@H](COC(C)=O)[C@H](OC(C)=O)[C@H](OCc2ccccc2)[C@H]1OC(C)=O. The summed E-state index contributed by atoms with van der Waals surface area (Å²) in [5, 5.41) is 0. The van der Waals surface area contributed by atoms with Crippen molar-refractivity contribution >= 4 is 23.9 Å². The summed E-state index contributed by atoms with van der Waals surface area (Å²) in [7, 11) is 0. The molecule has 0 bridgehead atoms. The number of hydrogen-bond donors (Lipinski definition) is 0. The lowest BCUT2D eigenvalue weighted by Gasteiger charge is -2.44. The molecule has 1 aliphatic rings. The van der Waals surface area contributed by atoms with E-state index in [0.29, 0.717) is 32.3 Å². The summed E-state index contributed by atoms with van der Waals surface area (Å²) in [6, 6.07) is 9.30. The van der Waals surface area contributed by atoms with Gasteiger partial charge in [0.2, 0.25) is 0 Å². The molecule has 0 amide bonds. The fourth-order valence-electron chi connectivity index (χ4n) is 3.93. The van der Waals surface area contributed by atoms with Crippen LogP contribution in [0.25, 0.3) is 0 Å². The normalized spacial score (nSPS) is 22.8. The van der Waals surface area contributed by atoms with E-state index in [9.17, 15) is 19.2 Å². The Bertz CT molecular complexity index is 888. The molecule has 0 spiro atoms. The Labute approximate surface area is 223 Å². The quantitative estimate of drug-likeness (QED) is 0.185. The summed E-state index contributed by atoms with van der Waals surface area (Å²) >= 11 is 0. The topological polar surface area (TPSA) is 133 Å². The van der Waals surface area contributed by atoms with Gasteiger partial charge in [-0.1, -0.05) is 36.8 Å². The largest absolute Gasteiger partial charge is 0.466 e. The highest BCUT2D eigenvalue weighted by Crippen LogP contribution is 2.30. The van der Waals surface area contributed by atoms with E-state index in [1.165, 1.54) is 20.8 Å². The molecule has 0 saturated carbocycles. The third-order valence-electron chi connectivity index (χ3n) is 5.54. The maximum atomic E-state index is 12.0. The molecule has 0 radical (unpaired) electrons. The molecule has 2 rings (SSSR count). The van der Waals surface area contributed by atoms with Gasteiger partial charge in [-0.15, -0.1) is 0 Å². The highest BCUT2D eigenvalue weighted by atomic mass is 16.7. The van der Waals surface area contributed by atoms with Crippen molar-refractivity contribution in [1.29, 1.82) is 0 Å². The van der Waals surface area contributed by atoms with E-state index < -0.39 is 48.6 Å². The minimum atomic E-state index is -1.09. The number of rotatable bonds is 15. The first-order valence-electron chi connectivity index (χ1n) is 12.8. The molecular weight excluding hydrogens is 500 g/mol. The second kappa shape index (κ2) is 16.7. The van der Waals surface area contributed by atoms with Crippen molar-refractivity contribution in [2.45, 2.75) is 90.7 Å². The minimum Gasteiger partial charge on any atom is -0.466 e. The lowest BCUT2D eigenvalue weighted by atomic mass is 9.98. The monoisotopic (exact) mass is 538 g/mol. The van der Waals surface area contributed by atoms with Crippen molar-refractivity contribution in [3.63, 3.8) is 0 Å². The number of carbonyl (C=O) groups is 4. The van der Waals surface area contributed by atoms with Gasteiger partial charge in [0.15, 0.2) is 18.5 Å². The van der Waals surface area contributed by atoms with Crippen LogP contribution in [0.4, 0.5) is 0 Å². The van der Waals surface area contributed by atoms with Crippen molar-refractivity contribution in [3.05, 3.63) is 35.9 Å². The van der Waals surface area contributed by atoms with Crippen LogP contribution in [0, 0.1) is 0 Å². The van der Waals surface area contributed by atoms with Gasteiger partial charge < -0.3 is 33.2 Å². The van der Waals surface area contributed by atoms with Gasteiger partial charge in [0.1, 0.15) is 18.8 Å². The molecule has 38 heavy (non-hydrogen) atoms. The number of unbranched alkanes of at least 4 members (excludes halogenated alkanes) is 2. The van der Waals surface area contributed by atoms with Crippen LogP contribution < -0.4 is 0 Å². The number of ether oxygens (including phenoxy) is 7. The van der Waals surface area contributed by atoms with E-state index in [0.717, 1.165) is 5.56 Å². The standard InChI is InChI=1S/C27H38O11/c1-5-32-23(31)14-10-7-11-15-33-27-26(37-20(4)30)25(35-16-21-12-8-6-9-13-21)24(36-19(3)29)22(38-27)17-34-18(2)28/h6,8-9,12-13,22,24-27H,5,7,10-11,14-17H2,1-4H3/t22-,24+,25+,26-,27-/m1/s1. The Morgan fingerprint density at radius 3 is 2.11 bits per heavy atom. The molecule has 1 heterocycles. The van der Waals surface area contributed by atoms with Gasteiger partial charge in [0, 0.05) is 33.8 Å². The molecule has 11 heteroatoms. The van der Waals surface area contributed by atoms with Crippen LogP contribution in [-0.2, 0) is 58.9 Å². The van der Waals surface area contributed by atoms with Gasteiger partial charge in [-0.25, -0.2) is 0 Å². The molecular formula is C27H38O11. The molecule has 1 saturated heterocycles. The third kappa shape index (κ3) is 11.2. The summed E-state index contributed by atoms with van der Waals surface area (Å²) in [6.07, 6.45) is -2.89. The zero-order valence-electron chi connectivity index (χ0n) is 22.4. The third-order valence-corrected chi connectivity index (χ3v) is 5.54. The van der Waals surface area contributed by atoms with Crippen molar-refractivity contribution in [2.75, 3.05) is 19.8 Å². The zero-order chi connectivity index (χ0) is 27.9. The highest BCUT2D eigenvalue weighted by Gasteiger charge is 2.51. The Morgan fingerprint density at radius 1 is 0.789 bits per heavy atom. The predicted molar refractivity (Wildman–Crippen MR) is 132 cm³/mol. The molecule has 5 atom stereocenters. The Balaban J connectivity index is 2.18. The van der Waals surface area contributed by atoms with Crippen molar-refractivity contribution in [2.24, 2.45) is 0 Å². The molecule has 11 nitrogen and oxygen atoms in total. The van der Waals surface area contributed by atoms with Crippen LogP contribution in [0.1, 0.15) is 58.9 Å². The van der Waals surface area contributed by atoms with Crippen molar-refractivity contribution < 1.29 is 52.3 Å². The van der Waals surface area contributed by atoms with E-state index >= 15 is 0 Å². The smallest absolute Gasteiger partial charge is 0.305 e. The summed E-state index contributed by atoms with van der Waals surface area (Å²) in [6.45, 7) is 5.95. The molecule has 212 valence electrons. The number of carbonyl (C=O) groups excluding carboxylic acids is 4. The van der Waals surface area contributed by atoms with Crippen LogP contribution in [-0.4, -0.2) is 74.4 Å². The molecule has 0 aromatic heterocycles. The van der Waals surface area contributed by atoms with Crippen LogP contribution in [0.3, 0.4) is 0 Å². The van der Waals surface area contributed by atoms with Gasteiger partial charge >= 0.3 is 23.9 Å². The lowest BCUT2D eigenvalue weighted by molar-refractivity contribution is -0.313. The number of esters is 4. The molecule has 0 unspecified atom stereocenters. The average molecular weight is 539 g/mol. The van der Waals surface area contributed by atoms with Crippen LogP contribution in [0.5, 0.6) is 0 Å². The number of benzene rings is 1. The fraction of sp³-hybridized carbons (Fsp3) is 0.630. The molecule has 0 N–H and O–H groups in total. The highest BCUT2D eigenvalue weighted by molar-refractivity contribution is 5.69. The maximum Gasteiger partial charge on any atom is 0.305 e. The fourth-order valence-corrected chi connectivity index (χ4v) is 3.93. The van der Waals surface area contributed by atoms with Gasteiger partial charge in [-0.05, 0) is 25.3 Å². The van der Waals surface area contributed by atoms with Crippen molar-refractivity contribution in [1.82, 2.24) is 0 Å². The van der Waals surface area contributed by atoms with E-state index in [1.807, 2.05) is 30.3 Å². The molecule has 0 aliphatic carbocycles. The van der Waals surface area contributed by atoms with Crippen LogP contribution >= 0.6 is 0 Å². The van der Waals surface area contributed by atoms with Crippen molar-refractivity contribution in [3.8, 4) is 0 Å². The van der Waals surface area contributed by atoms with Crippen LogP contribution in [0.2, 0.25) is 0 Å². The van der Waals surface area contributed by atoms with E-state index in [4.69, 9.17) is 33.2 Å². The molecule has 1 aromatic rings. The summed E-state index contributed by atoms with van der Waals surface area (Å²) in [4.78, 5) is 47.0. The first kappa shape index (κ1) is 31.2. The van der Waals surface area contributed by atoms with E-state index in [-0.39, 0.29) is 25.8 Å². The van der Waals surface area contributed by atoms with E-state index in [1.54, 1.807) is 6.92 Å². The predicted octanol–water partition coefficient (Wildman–Crippen LogP) is 2.86. The summed E-state index contributed by atoms with van der Waals surface area (Å²) in [5.74, 6) is -2.00. The Morgan fingerprint density at radius 2 is 1.47 bits per heavy atom. The van der Waals surface area contributed by atoms with Gasteiger partial charge in [-0.2, -0.15) is 0 Å². The average Bonchev–Trinajstić information content (AvgIpc) is 2.86. The van der Waals surface area contributed by atoms with Gasteiger partial charge in [0.05, 0.1) is 13.2 Å². The Kier molecular flexibility index (Phi) is 13.7. The first-order valence-corrected chi connectivity index (χ1v) is 12.8. The molecule has 1 fully saturated rings. The van der Waals surface area contributed by atoms with Crippen LogP contribution in [0.15, 0.2) is 30.3 Å². The zero-order valence-corrected chi connectivity index (χ0v) is 22.4. The summed E-state index contributed by atoms with van der Waals surface area (Å²) < 4.78 is 39.3. The molecule has 1 aliphatic heterocycles. The van der Waals surface area contributed by atoms with Gasteiger partial charge in [0.25, 0.3) is 0 Å². The first-order chi connectivity index (χ1) is 18.2. The number of hydrogen-bond acceptors (Lipinski definition) is 11. The lowest BCUT2D eigenvalue weighted by Crippen LogP contribution is -2.62. The summed E-state index contributed by atoms with van der Waals surface area (Å²) in [5.41, 5.74) is 0.845. The maximum absolute atomic E-state index is 12.0. The Hall–Kier alpha value is -3.02. The second-order valence-corrected chi connectivity index (χ2v) is 8.74.